The lowest BCUT2D eigenvalue weighted by atomic mass is 10.1. The van der Waals surface area contributed by atoms with Gasteiger partial charge in [-0.2, -0.15) is 26.3 Å². The molecule has 0 rings (SSSR count). The van der Waals surface area contributed by atoms with Crippen molar-refractivity contribution in [3.05, 3.63) is 16.3 Å². The Hall–Kier alpha value is -1.39. The lowest BCUT2D eigenvalue weighted by molar-refractivity contribution is -0.928. The molecule has 36 heavy (non-hydrogen) atoms. The molecule has 0 aliphatic rings. The first-order valence-electron chi connectivity index (χ1n) is 11.3. The Kier molecular flexibility index (Phi) is 16.1. The third kappa shape index (κ3) is 13.8. The lowest BCUT2D eigenvalue weighted by Crippen LogP contribution is -2.50. The minimum atomic E-state index is -6.72. The first-order chi connectivity index (χ1) is 16.2. The van der Waals surface area contributed by atoms with E-state index in [4.69, 9.17) is 4.74 Å². The third-order valence-corrected chi connectivity index (χ3v) is 7.51. The van der Waals surface area contributed by atoms with Crippen LogP contribution in [0.25, 0.3) is 4.13 Å². The summed E-state index contributed by atoms with van der Waals surface area (Å²) in [6.07, 6.45) is 7.29. The number of unbranched alkanes of at least 4 members (excludes halogenated alkanes) is 2. The van der Waals surface area contributed by atoms with E-state index in [2.05, 4.69) is 27.4 Å². The number of carbonyl (C=O) groups is 1. The molecule has 0 fully saturated rings. The smallest absolute Gasteiger partial charge is 0.462 e. The van der Waals surface area contributed by atoms with Gasteiger partial charge in [0.1, 0.15) is 0 Å². The minimum Gasteiger partial charge on any atom is -0.462 e. The molecule has 0 aliphatic carbocycles. The van der Waals surface area contributed by atoms with Gasteiger partial charge in [0, 0.05) is 12.0 Å². The van der Waals surface area contributed by atoms with Crippen LogP contribution in [0.2, 0.25) is 0 Å². The number of hydrogen-bond acceptors (Lipinski definition) is 6. The maximum atomic E-state index is 11.4. The van der Waals surface area contributed by atoms with E-state index in [1.165, 1.54) is 56.2 Å². The molecule has 0 amide bonds. The summed E-state index contributed by atoms with van der Waals surface area (Å²) in [7, 11) is -13.4. The minimum absolute atomic E-state index is 0.259. The molecular formula is C20H36F6N2O6S2. The predicted molar refractivity (Wildman–Crippen MR) is 124 cm³/mol. The number of alkyl halides is 6. The Bertz CT molecular complexity index is 839. The maximum Gasteiger partial charge on any atom is 0.480 e. The molecule has 0 spiro atoms. The Morgan fingerprint density at radius 3 is 1.53 bits per heavy atom. The first-order valence-corrected chi connectivity index (χ1v) is 14.1. The van der Waals surface area contributed by atoms with E-state index in [1.54, 1.807) is 6.92 Å². The maximum absolute atomic E-state index is 11.4. The van der Waals surface area contributed by atoms with Crippen molar-refractivity contribution in [3.63, 3.8) is 0 Å². The zero-order valence-corrected chi connectivity index (χ0v) is 22.5. The summed E-state index contributed by atoms with van der Waals surface area (Å²) in [5, 5.41) is 0. The quantitative estimate of drug-likeness (QED) is 0.0849. The van der Waals surface area contributed by atoms with Crippen LogP contribution in [0.3, 0.4) is 0 Å². The van der Waals surface area contributed by atoms with Gasteiger partial charge in [-0.25, -0.2) is 21.6 Å². The van der Waals surface area contributed by atoms with Gasteiger partial charge in [0.05, 0.1) is 32.8 Å². The number of rotatable bonds is 15. The molecule has 0 aromatic heterocycles. The number of nitrogens with zero attached hydrogens (tertiary/aromatic N) is 2. The average Bonchev–Trinajstić information content (AvgIpc) is 2.69. The largest absolute Gasteiger partial charge is 0.480 e. The van der Waals surface area contributed by atoms with Crippen LogP contribution in [0.5, 0.6) is 0 Å². The number of halogens is 6. The first kappa shape index (κ1) is 36.8. The van der Waals surface area contributed by atoms with Gasteiger partial charge in [-0.1, -0.05) is 33.8 Å². The number of ether oxygens (including phenoxy) is 1. The van der Waals surface area contributed by atoms with Crippen LogP contribution in [-0.4, -0.2) is 71.1 Å². The molecule has 0 aromatic rings. The van der Waals surface area contributed by atoms with Gasteiger partial charge in [-0.3, -0.25) is 0 Å². The van der Waals surface area contributed by atoms with Gasteiger partial charge in [0.15, 0.2) is 20.0 Å². The van der Waals surface area contributed by atoms with E-state index in [-0.39, 0.29) is 5.97 Å². The van der Waals surface area contributed by atoms with Crippen LogP contribution < -0.4 is 0 Å². The summed E-state index contributed by atoms with van der Waals surface area (Å²) >= 11 is 0. The molecule has 16 heteroatoms. The van der Waals surface area contributed by atoms with Crippen LogP contribution in [0, 0.1) is 0 Å². The fraction of sp³-hybridized carbons (Fsp3) is 0.850. The van der Waals surface area contributed by atoms with Gasteiger partial charge in [-0.15, -0.1) is 0 Å². The molecule has 0 radical (unpaired) electrons. The van der Waals surface area contributed by atoms with Gasteiger partial charge >= 0.3 is 17.0 Å². The number of quaternary nitrogens is 1. The molecule has 216 valence electrons. The number of esters is 1. The molecule has 0 atom stereocenters. The SMILES string of the molecule is C=C(C)C(=O)OCCC[N+](CCC)(CCC)CCCCC.O=S(=O)([N-]S(=O)(=O)C(F)(F)F)C(F)(F)F. The fourth-order valence-corrected chi connectivity index (χ4v) is 4.93. The molecule has 0 aliphatic heterocycles. The second-order valence-electron chi connectivity index (χ2n) is 8.13. The Morgan fingerprint density at radius 1 is 0.778 bits per heavy atom. The van der Waals surface area contributed by atoms with Crippen molar-refractivity contribution < 1.29 is 57.2 Å². The van der Waals surface area contributed by atoms with Crippen LogP contribution in [0.15, 0.2) is 12.2 Å². The molecule has 0 aromatic carbocycles. The van der Waals surface area contributed by atoms with Crippen molar-refractivity contribution in [1.29, 1.82) is 0 Å². The Morgan fingerprint density at radius 2 is 1.19 bits per heavy atom. The molecule has 0 saturated heterocycles. The highest BCUT2D eigenvalue weighted by atomic mass is 32.3. The predicted octanol–water partition coefficient (Wildman–Crippen LogP) is 5.38. The standard InChI is InChI=1S/C18H36NO2.C2F6NO4S2/c1-6-9-10-14-19(12-7-2,13-8-3)15-11-16-21-18(20)17(4)5;3-1(4,5)14(10,11)9-15(12,13)2(6,7)8/h4,6-16H2,1-3,5H3;/q+1;-1. The molecule has 0 unspecified atom stereocenters. The molecule has 0 N–H and O–H groups in total. The van der Waals surface area contributed by atoms with E-state index in [0.717, 1.165) is 17.1 Å². The van der Waals surface area contributed by atoms with Crippen LogP contribution in [0.4, 0.5) is 26.3 Å². The second kappa shape index (κ2) is 15.8. The van der Waals surface area contributed by atoms with E-state index in [1.807, 2.05) is 0 Å². The fourth-order valence-electron chi connectivity index (χ4n) is 3.22. The van der Waals surface area contributed by atoms with E-state index in [9.17, 15) is 48.0 Å². The summed E-state index contributed by atoms with van der Waals surface area (Å²) in [5.74, 6) is -0.259. The molecular weight excluding hydrogens is 542 g/mol. The molecule has 0 saturated carbocycles. The molecule has 8 nitrogen and oxygen atoms in total. The van der Waals surface area contributed by atoms with Crippen molar-refractivity contribution in [3.8, 4) is 0 Å². The number of carbonyl (C=O) groups excluding carboxylic acids is 1. The van der Waals surface area contributed by atoms with Crippen molar-refractivity contribution in [2.45, 2.75) is 77.2 Å². The van der Waals surface area contributed by atoms with Gasteiger partial charge in [0.25, 0.3) is 0 Å². The van der Waals surface area contributed by atoms with Crippen LogP contribution in [0.1, 0.15) is 66.2 Å². The van der Waals surface area contributed by atoms with E-state index in [0.29, 0.717) is 12.2 Å². The van der Waals surface area contributed by atoms with Crippen molar-refractivity contribution in [1.82, 2.24) is 0 Å². The zero-order valence-electron chi connectivity index (χ0n) is 20.9. The van der Waals surface area contributed by atoms with Crippen LogP contribution in [-0.2, 0) is 29.6 Å². The average molecular weight is 579 g/mol. The second-order valence-corrected chi connectivity index (χ2v) is 11.6. The molecule has 0 bridgehead atoms. The summed E-state index contributed by atoms with van der Waals surface area (Å²) in [6, 6.07) is 0. The monoisotopic (exact) mass is 578 g/mol. The third-order valence-electron chi connectivity index (χ3n) is 4.77. The van der Waals surface area contributed by atoms with Crippen LogP contribution >= 0.6 is 0 Å². The van der Waals surface area contributed by atoms with Gasteiger partial charge in [0.2, 0.25) is 0 Å². The van der Waals surface area contributed by atoms with Crippen molar-refractivity contribution in [2.24, 2.45) is 0 Å². The normalized spacial score (nSPS) is 13.1. The highest BCUT2D eigenvalue weighted by Gasteiger charge is 2.46. The van der Waals surface area contributed by atoms with Crippen molar-refractivity contribution in [2.75, 3.05) is 32.8 Å². The highest BCUT2D eigenvalue weighted by Crippen LogP contribution is 2.36. The van der Waals surface area contributed by atoms with E-state index >= 15 is 0 Å². The number of hydrogen-bond donors (Lipinski definition) is 0. The summed E-state index contributed by atoms with van der Waals surface area (Å²) in [5.41, 5.74) is -11.9. The summed E-state index contributed by atoms with van der Waals surface area (Å²) < 4.78 is 116. The van der Waals surface area contributed by atoms with Crippen molar-refractivity contribution >= 4 is 26.0 Å². The summed E-state index contributed by atoms with van der Waals surface area (Å²) in [4.78, 5) is 11.4. The van der Waals surface area contributed by atoms with E-state index < -0.39 is 31.1 Å². The zero-order chi connectivity index (χ0) is 28.8. The topological polar surface area (TPSA) is 109 Å². The number of sulfonamides is 2. The van der Waals surface area contributed by atoms with Gasteiger partial charge in [-0.05, 0) is 32.6 Å². The Labute approximate surface area is 209 Å². The van der Waals surface area contributed by atoms with Gasteiger partial charge < -0.3 is 13.3 Å². The lowest BCUT2D eigenvalue weighted by Gasteiger charge is -2.39. The Balaban J connectivity index is 0. The highest BCUT2D eigenvalue weighted by molar-refractivity contribution is 8.13. The molecule has 0 heterocycles. The summed E-state index contributed by atoms with van der Waals surface area (Å²) in [6.45, 7) is 17.5.